The molecule has 0 saturated heterocycles. The second-order valence-corrected chi connectivity index (χ2v) is 3.24. The van der Waals surface area contributed by atoms with Gasteiger partial charge in [-0.15, -0.1) is 0 Å². The molecule has 0 aromatic carbocycles. The summed E-state index contributed by atoms with van der Waals surface area (Å²) < 4.78 is 4.50. The zero-order chi connectivity index (χ0) is 9.68. The summed E-state index contributed by atoms with van der Waals surface area (Å²) in [6.45, 7) is 4.05. The van der Waals surface area contributed by atoms with Crippen molar-refractivity contribution in [2.24, 2.45) is 0 Å². The van der Waals surface area contributed by atoms with E-state index in [4.69, 9.17) is 0 Å². The molecular weight excluding hydrogens is 166 g/mol. The SMILES string of the molecule is CCN(C/C=C/C(=O)OC)C1CC1. The van der Waals surface area contributed by atoms with Crippen LogP contribution in [0.2, 0.25) is 0 Å². The van der Waals surface area contributed by atoms with Gasteiger partial charge in [0.05, 0.1) is 7.11 Å². The summed E-state index contributed by atoms with van der Waals surface area (Å²) in [4.78, 5) is 13.1. The molecule has 1 aliphatic carbocycles. The second-order valence-electron chi connectivity index (χ2n) is 3.24. The van der Waals surface area contributed by atoms with Crippen molar-refractivity contribution in [1.82, 2.24) is 4.90 Å². The molecule has 0 bridgehead atoms. The van der Waals surface area contributed by atoms with Gasteiger partial charge in [0, 0.05) is 18.7 Å². The molecule has 1 rings (SSSR count). The van der Waals surface area contributed by atoms with E-state index in [9.17, 15) is 4.79 Å². The van der Waals surface area contributed by atoms with Crippen molar-refractivity contribution in [3.8, 4) is 0 Å². The van der Waals surface area contributed by atoms with Gasteiger partial charge in [-0.3, -0.25) is 4.90 Å². The van der Waals surface area contributed by atoms with Crippen LogP contribution in [0.15, 0.2) is 12.2 Å². The Kier molecular flexibility index (Phi) is 3.96. The van der Waals surface area contributed by atoms with Crippen molar-refractivity contribution in [2.75, 3.05) is 20.2 Å². The Labute approximate surface area is 79.4 Å². The Bertz CT molecular complexity index is 197. The summed E-state index contributed by atoms with van der Waals surface area (Å²) in [5, 5.41) is 0. The maximum Gasteiger partial charge on any atom is 0.330 e. The lowest BCUT2D eigenvalue weighted by Crippen LogP contribution is -2.25. The van der Waals surface area contributed by atoms with Crippen LogP contribution in [-0.4, -0.2) is 37.1 Å². The fraction of sp³-hybridized carbons (Fsp3) is 0.700. The summed E-state index contributed by atoms with van der Waals surface area (Å²) in [7, 11) is 1.39. The van der Waals surface area contributed by atoms with Gasteiger partial charge >= 0.3 is 5.97 Å². The molecule has 0 aliphatic heterocycles. The van der Waals surface area contributed by atoms with Gasteiger partial charge in [0.2, 0.25) is 0 Å². The molecule has 0 aromatic rings. The average molecular weight is 183 g/mol. The zero-order valence-corrected chi connectivity index (χ0v) is 8.32. The lowest BCUT2D eigenvalue weighted by atomic mass is 10.4. The molecular formula is C10H17NO2. The minimum Gasteiger partial charge on any atom is -0.466 e. The van der Waals surface area contributed by atoms with Crippen LogP contribution < -0.4 is 0 Å². The molecule has 0 atom stereocenters. The number of likely N-dealkylation sites (N-methyl/N-ethyl adjacent to an activating group) is 1. The second kappa shape index (κ2) is 5.02. The molecule has 0 heterocycles. The fourth-order valence-corrected chi connectivity index (χ4v) is 1.33. The highest BCUT2D eigenvalue weighted by atomic mass is 16.5. The first-order chi connectivity index (χ1) is 6.27. The third-order valence-corrected chi connectivity index (χ3v) is 2.26. The smallest absolute Gasteiger partial charge is 0.330 e. The van der Waals surface area contributed by atoms with Crippen molar-refractivity contribution >= 4 is 5.97 Å². The third-order valence-electron chi connectivity index (χ3n) is 2.26. The molecule has 0 aromatic heterocycles. The molecule has 0 N–H and O–H groups in total. The highest BCUT2D eigenvalue weighted by Crippen LogP contribution is 2.25. The van der Waals surface area contributed by atoms with Gasteiger partial charge in [0.25, 0.3) is 0 Å². The molecule has 0 spiro atoms. The van der Waals surface area contributed by atoms with E-state index in [1.54, 1.807) is 0 Å². The monoisotopic (exact) mass is 183 g/mol. The highest BCUT2D eigenvalue weighted by molar-refractivity contribution is 5.81. The molecule has 1 fully saturated rings. The predicted octanol–water partition coefficient (Wildman–Crippen LogP) is 1.20. The molecule has 13 heavy (non-hydrogen) atoms. The third kappa shape index (κ3) is 3.59. The quantitative estimate of drug-likeness (QED) is 0.474. The van der Waals surface area contributed by atoms with Gasteiger partial charge in [-0.05, 0) is 19.4 Å². The van der Waals surface area contributed by atoms with E-state index in [1.165, 1.54) is 26.0 Å². The number of carbonyl (C=O) groups excluding carboxylic acids is 1. The Morgan fingerprint density at radius 1 is 1.62 bits per heavy atom. The molecule has 1 saturated carbocycles. The summed E-state index contributed by atoms with van der Waals surface area (Å²) >= 11 is 0. The van der Waals surface area contributed by atoms with E-state index in [1.807, 2.05) is 6.08 Å². The molecule has 0 radical (unpaired) electrons. The van der Waals surface area contributed by atoms with E-state index >= 15 is 0 Å². The Morgan fingerprint density at radius 2 is 2.31 bits per heavy atom. The first-order valence-electron chi connectivity index (χ1n) is 4.76. The van der Waals surface area contributed by atoms with Crippen molar-refractivity contribution in [1.29, 1.82) is 0 Å². The number of hydrogen-bond acceptors (Lipinski definition) is 3. The lowest BCUT2D eigenvalue weighted by Gasteiger charge is -2.16. The molecule has 3 nitrogen and oxygen atoms in total. The number of esters is 1. The first-order valence-corrected chi connectivity index (χ1v) is 4.76. The van der Waals surface area contributed by atoms with Crippen molar-refractivity contribution < 1.29 is 9.53 Å². The standard InChI is InChI=1S/C10H17NO2/c1-3-11(9-6-7-9)8-4-5-10(12)13-2/h4-5,9H,3,6-8H2,1-2H3/b5-4+. The Morgan fingerprint density at radius 3 is 2.77 bits per heavy atom. The maximum absolute atomic E-state index is 10.7. The predicted molar refractivity (Wildman–Crippen MR) is 51.4 cm³/mol. The Hall–Kier alpha value is -0.830. The van der Waals surface area contributed by atoms with Gasteiger partial charge in [0.15, 0.2) is 0 Å². The fourth-order valence-electron chi connectivity index (χ4n) is 1.33. The number of rotatable bonds is 5. The minimum atomic E-state index is -0.271. The maximum atomic E-state index is 10.7. The molecule has 1 aliphatic rings. The van der Waals surface area contributed by atoms with Gasteiger partial charge < -0.3 is 4.74 Å². The van der Waals surface area contributed by atoms with Crippen LogP contribution in [0.25, 0.3) is 0 Å². The largest absolute Gasteiger partial charge is 0.466 e. The van der Waals surface area contributed by atoms with E-state index in [2.05, 4.69) is 16.6 Å². The summed E-state index contributed by atoms with van der Waals surface area (Å²) in [6.07, 6.45) is 5.97. The van der Waals surface area contributed by atoms with Crippen LogP contribution in [-0.2, 0) is 9.53 Å². The highest BCUT2D eigenvalue weighted by Gasteiger charge is 2.26. The van der Waals surface area contributed by atoms with E-state index < -0.39 is 0 Å². The number of carbonyl (C=O) groups is 1. The lowest BCUT2D eigenvalue weighted by molar-refractivity contribution is -0.134. The van der Waals surface area contributed by atoms with Crippen LogP contribution in [0.1, 0.15) is 19.8 Å². The van der Waals surface area contributed by atoms with E-state index in [0.717, 1.165) is 19.1 Å². The van der Waals surface area contributed by atoms with Crippen molar-refractivity contribution in [3.05, 3.63) is 12.2 Å². The zero-order valence-electron chi connectivity index (χ0n) is 8.32. The Balaban J connectivity index is 2.22. The van der Waals surface area contributed by atoms with Crippen molar-refractivity contribution in [3.63, 3.8) is 0 Å². The van der Waals surface area contributed by atoms with Crippen LogP contribution >= 0.6 is 0 Å². The molecule has 3 heteroatoms. The number of methoxy groups -OCH3 is 1. The first kappa shape index (κ1) is 10.3. The van der Waals surface area contributed by atoms with E-state index in [-0.39, 0.29) is 5.97 Å². The van der Waals surface area contributed by atoms with Gasteiger partial charge in [-0.25, -0.2) is 4.79 Å². The molecule has 0 amide bonds. The minimum absolute atomic E-state index is 0.271. The molecule has 0 unspecified atom stereocenters. The number of hydrogen-bond donors (Lipinski definition) is 0. The van der Waals surface area contributed by atoms with Gasteiger partial charge in [0.1, 0.15) is 0 Å². The summed E-state index contributed by atoms with van der Waals surface area (Å²) in [6, 6.07) is 0.757. The number of nitrogens with zero attached hydrogens (tertiary/aromatic N) is 1. The van der Waals surface area contributed by atoms with Gasteiger partial charge in [-0.1, -0.05) is 13.0 Å². The van der Waals surface area contributed by atoms with Crippen LogP contribution in [0.3, 0.4) is 0 Å². The van der Waals surface area contributed by atoms with Crippen LogP contribution in [0, 0.1) is 0 Å². The number of ether oxygens (including phenoxy) is 1. The van der Waals surface area contributed by atoms with Gasteiger partial charge in [-0.2, -0.15) is 0 Å². The van der Waals surface area contributed by atoms with Crippen molar-refractivity contribution in [2.45, 2.75) is 25.8 Å². The van der Waals surface area contributed by atoms with Crippen LogP contribution in [0.5, 0.6) is 0 Å². The summed E-state index contributed by atoms with van der Waals surface area (Å²) in [5.74, 6) is -0.271. The normalized spacial score (nSPS) is 16.8. The van der Waals surface area contributed by atoms with E-state index in [0.29, 0.717) is 0 Å². The summed E-state index contributed by atoms with van der Waals surface area (Å²) in [5.41, 5.74) is 0. The average Bonchev–Trinajstić information content (AvgIpc) is 2.95. The topological polar surface area (TPSA) is 29.5 Å². The van der Waals surface area contributed by atoms with Crippen LogP contribution in [0.4, 0.5) is 0 Å². The molecule has 74 valence electrons.